The van der Waals surface area contributed by atoms with Crippen LogP contribution in [0.25, 0.3) is 28.8 Å². The van der Waals surface area contributed by atoms with Gasteiger partial charge in [-0.05, 0) is 29.8 Å². The second kappa shape index (κ2) is 5.78. The first-order chi connectivity index (χ1) is 12.8. The van der Waals surface area contributed by atoms with Gasteiger partial charge in [0.25, 0.3) is 0 Å². The summed E-state index contributed by atoms with van der Waals surface area (Å²) in [6, 6.07) is 7.22. The van der Waals surface area contributed by atoms with Crippen molar-refractivity contribution in [3.05, 3.63) is 60.3 Å². The minimum Gasteiger partial charge on any atom is -0.507 e. The van der Waals surface area contributed by atoms with Crippen LogP contribution < -0.4 is 5.32 Å². The van der Waals surface area contributed by atoms with Crippen molar-refractivity contribution in [2.24, 2.45) is 0 Å². The molecule has 1 aliphatic heterocycles. The molecule has 4 aromatic rings. The average molecular weight is 345 g/mol. The van der Waals surface area contributed by atoms with Crippen molar-refractivity contribution in [1.29, 1.82) is 0 Å². The highest BCUT2D eigenvalue weighted by molar-refractivity contribution is 5.70. The average Bonchev–Trinajstić information content (AvgIpc) is 3.27. The van der Waals surface area contributed by atoms with Gasteiger partial charge in [0.2, 0.25) is 5.78 Å². The number of aromatic hydroxyl groups is 1. The normalized spacial score (nSPS) is 13.8. The van der Waals surface area contributed by atoms with Crippen LogP contribution >= 0.6 is 0 Å². The standard InChI is InChI=1S/C18H15N7O/c26-17-8-14(25-20-4-5-21-25)1-2-15(17)16-11-24-6-3-13(22-18(24)23-16)7-12-9-19-10-12/h1-8,11,19,26H,9-10H2. The number of hydrogen-bond acceptors (Lipinski definition) is 6. The summed E-state index contributed by atoms with van der Waals surface area (Å²) in [6.45, 7) is 1.83. The van der Waals surface area contributed by atoms with E-state index in [-0.39, 0.29) is 5.75 Å². The molecule has 26 heavy (non-hydrogen) atoms. The van der Waals surface area contributed by atoms with Crippen LogP contribution in [0.5, 0.6) is 5.75 Å². The van der Waals surface area contributed by atoms with E-state index in [1.165, 1.54) is 10.4 Å². The molecule has 4 heterocycles. The van der Waals surface area contributed by atoms with Crippen molar-refractivity contribution in [2.45, 2.75) is 0 Å². The predicted octanol–water partition coefficient (Wildman–Crippen LogP) is 1.67. The van der Waals surface area contributed by atoms with Crippen LogP contribution in [-0.4, -0.2) is 47.6 Å². The van der Waals surface area contributed by atoms with Crippen molar-refractivity contribution in [3.63, 3.8) is 0 Å². The van der Waals surface area contributed by atoms with Gasteiger partial charge < -0.3 is 10.4 Å². The molecule has 0 saturated carbocycles. The van der Waals surface area contributed by atoms with Gasteiger partial charge in [-0.15, -0.1) is 0 Å². The van der Waals surface area contributed by atoms with Crippen molar-refractivity contribution >= 4 is 11.9 Å². The van der Waals surface area contributed by atoms with Gasteiger partial charge in [0, 0.05) is 37.1 Å². The molecule has 0 bridgehead atoms. The first-order valence-corrected chi connectivity index (χ1v) is 8.22. The first-order valence-electron chi connectivity index (χ1n) is 8.22. The molecule has 0 unspecified atom stereocenters. The third-order valence-corrected chi connectivity index (χ3v) is 4.31. The van der Waals surface area contributed by atoms with Gasteiger partial charge in [0.05, 0.1) is 29.5 Å². The molecule has 128 valence electrons. The lowest BCUT2D eigenvalue weighted by Gasteiger charge is -2.17. The molecule has 0 amide bonds. The molecule has 8 nitrogen and oxygen atoms in total. The van der Waals surface area contributed by atoms with E-state index in [1.54, 1.807) is 24.5 Å². The highest BCUT2D eigenvalue weighted by atomic mass is 16.3. The Morgan fingerprint density at radius 2 is 1.92 bits per heavy atom. The van der Waals surface area contributed by atoms with Crippen LogP contribution in [0.1, 0.15) is 5.69 Å². The van der Waals surface area contributed by atoms with Crippen molar-refractivity contribution < 1.29 is 5.11 Å². The second-order valence-corrected chi connectivity index (χ2v) is 6.11. The number of fused-ring (bicyclic) bond motifs is 1. The lowest BCUT2D eigenvalue weighted by atomic mass is 10.1. The summed E-state index contributed by atoms with van der Waals surface area (Å²) in [5.41, 5.74) is 4.19. The zero-order valence-electron chi connectivity index (χ0n) is 13.7. The zero-order valence-corrected chi connectivity index (χ0v) is 13.7. The molecular formula is C18H15N7O. The Balaban J connectivity index is 1.52. The monoisotopic (exact) mass is 345 g/mol. The summed E-state index contributed by atoms with van der Waals surface area (Å²) in [7, 11) is 0. The number of imidazole rings is 1. The number of phenols is 1. The number of nitrogens with one attached hydrogen (secondary N) is 1. The van der Waals surface area contributed by atoms with Crippen molar-refractivity contribution in [2.75, 3.05) is 13.1 Å². The Morgan fingerprint density at radius 1 is 1.08 bits per heavy atom. The maximum absolute atomic E-state index is 10.4. The highest BCUT2D eigenvalue weighted by Crippen LogP contribution is 2.30. The number of rotatable bonds is 3. The van der Waals surface area contributed by atoms with Gasteiger partial charge in [-0.1, -0.05) is 0 Å². The molecule has 1 fully saturated rings. The number of benzene rings is 1. The van der Waals surface area contributed by atoms with Crippen LogP contribution in [0.3, 0.4) is 0 Å². The predicted molar refractivity (Wildman–Crippen MR) is 95.9 cm³/mol. The third-order valence-electron chi connectivity index (χ3n) is 4.31. The van der Waals surface area contributed by atoms with Crippen molar-refractivity contribution in [3.8, 4) is 22.7 Å². The van der Waals surface area contributed by atoms with Gasteiger partial charge in [-0.25, -0.2) is 9.97 Å². The molecule has 1 aromatic carbocycles. The Kier molecular flexibility index (Phi) is 3.29. The van der Waals surface area contributed by atoms with Gasteiger partial charge in [0.15, 0.2) is 0 Å². The van der Waals surface area contributed by atoms with Crippen LogP contribution in [0.4, 0.5) is 0 Å². The molecule has 5 rings (SSSR count). The fourth-order valence-corrected chi connectivity index (χ4v) is 2.89. The third kappa shape index (κ3) is 2.52. The molecule has 0 atom stereocenters. The van der Waals surface area contributed by atoms with Crippen molar-refractivity contribution in [1.82, 2.24) is 34.7 Å². The van der Waals surface area contributed by atoms with Gasteiger partial charge in [0.1, 0.15) is 5.75 Å². The summed E-state index contributed by atoms with van der Waals surface area (Å²) in [6.07, 6.45) is 9.03. The first kappa shape index (κ1) is 14.8. The molecular weight excluding hydrogens is 330 g/mol. The summed E-state index contributed by atoms with van der Waals surface area (Å²) in [5, 5.41) is 21.8. The summed E-state index contributed by atoms with van der Waals surface area (Å²) < 4.78 is 1.85. The van der Waals surface area contributed by atoms with Gasteiger partial charge in [-0.3, -0.25) is 4.40 Å². The van der Waals surface area contributed by atoms with E-state index in [0.29, 0.717) is 22.7 Å². The molecule has 8 heteroatoms. The summed E-state index contributed by atoms with van der Waals surface area (Å²) in [4.78, 5) is 10.6. The van der Waals surface area contributed by atoms with Crippen LogP contribution in [-0.2, 0) is 0 Å². The van der Waals surface area contributed by atoms with E-state index < -0.39 is 0 Å². The fourth-order valence-electron chi connectivity index (χ4n) is 2.89. The Morgan fingerprint density at radius 3 is 2.65 bits per heavy atom. The van der Waals surface area contributed by atoms with E-state index in [2.05, 4.69) is 31.6 Å². The van der Waals surface area contributed by atoms with Crippen LogP contribution in [0.15, 0.2) is 54.6 Å². The van der Waals surface area contributed by atoms with E-state index in [0.717, 1.165) is 18.8 Å². The Bertz CT molecular complexity index is 1120. The number of aromatic nitrogens is 6. The number of nitrogens with zero attached hydrogens (tertiary/aromatic N) is 6. The van der Waals surface area contributed by atoms with Gasteiger partial charge >= 0.3 is 0 Å². The lowest BCUT2D eigenvalue weighted by molar-refractivity contribution is 0.476. The molecule has 0 aliphatic carbocycles. The molecule has 1 aliphatic rings. The zero-order chi connectivity index (χ0) is 17.5. The molecule has 0 spiro atoms. The Hall–Kier alpha value is -3.52. The largest absolute Gasteiger partial charge is 0.507 e. The quantitative estimate of drug-likeness (QED) is 0.587. The van der Waals surface area contributed by atoms with Gasteiger partial charge in [-0.2, -0.15) is 15.0 Å². The fraction of sp³-hybridized carbons (Fsp3) is 0.111. The molecule has 3 aromatic heterocycles. The van der Waals surface area contributed by atoms with E-state index >= 15 is 0 Å². The van der Waals surface area contributed by atoms with Crippen LogP contribution in [0.2, 0.25) is 0 Å². The number of hydrogen-bond donors (Lipinski definition) is 2. The number of phenolic OH excluding ortho intramolecular Hbond substituents is 1. The maximum Gasteiger partial charge on any atom is 0.234 e. The lowest BCUT2D eigenvalue weighted by Crippen LogP contribution is -2.33. The maximum atomic E-state index is 10.4. The highest BCUT2D eigenvalue weighted by Gasteiger charge is 2.12. The van der Waals surface area contributed by atoms with E-state index in [4.69, 9.17) is 0 Å². The molecule has 0 radical (unpaired) electrons. The summed E-state index contributed by atoms with van der Waals surface area (Å²) >= 11 is 0. The summed E-state index contributed by atoms with van der Waals surface area (Å²) in [5.74, 6) is 0.713. The minimum absolute atomic E-state index is 0.117. The Labute approximate surface area is 148 Å². The topological polar surface area (TPSA) is 93.2 Å². The minimum atomic E-state index is 0.117. The SMILES string of the molecule is Oc1cc(-n2nccn2)ccc1-c1cn2ccc(C=C3CNC3)nc2n1. The van der Waals surface area contributed by atoms with E-state index in [9.17, 15) is 5.11 Å². The van der Waals surface area contributed by atoms with E-state index in [1.807, 2.05) is 28.9 Å². The second-order valence-electron chi connectivity index (χ2n) is 6.11. The molecule has 2 N–H and O–H groups in total. The van der Waals surface area contributed by atoms with Crippen LogP contribution in [0, 0.1) is 0 Å². The smallest absolute Gasteiger partial charge is 0.234 e. The molecule has 1 saturated heterocycles.